The molecule has 0 aliphatic carbocycles. The van der Waals surface area contributed by atoms with Gasteiger partial charge in [0.05, 0.1) is 17.3 Å². The van der Waals surface area contributed by atoms with E-state index in [4.69, 9.17) is 5.11 Å². The summed E-state index contributed by atoms with van der Waals surface area (Å²) in [6, 6.07) is 0. The van der Waals surface area contributed by atoms with E-state index in [0.29, 0.717) is 11.7 Å². The zero-order valence-electron chi connectivity index (χ0n) is 11.4. The number of aryl methyl sites for hydroxylation is 2. The molecule has 6 nitrogen and oxygen atoms in total. The summed E-state index contributed by atoms with van der Waals surface area (Å²) in [4.78, 5) is 16.1. The normalized spacial score (nSPS) is 10.9. The van der Waals surface area contributed by atoms with Crippen LogP contribution in [0.5, 0.6) is 0 Å². The van der Waals surface area contributed by atoms with Gasteiger partial charge in [0.2, 0.25) is 0 Å². The Bertz CT molecular complexity index is 594. The lowest BCUT2D eigenvalue weighted by Gasteiger charge is -2.07. The van der Waals surface area contributed by atoms with Crippen molar-refractivity contribution < 1.29 is 9.90 Å². The molecular weight excluding hydrogens is 296 g/mol. The van der Waals surface area contributed by atoms with Gasteiger partial charge in [-0.1, -0.05) is 18.7 Å². The van der Waals surface area contributed by atoms with Gasteiger partial charge in [-0.05, 0) is 13.3 Å². The average molecular weight is 312 g/mol. The zero-order valence-corrected chi connectivity index (χ0v) is 13.0. The van der Waals surface area contributed by atoms with Crippen LogP contribution in [-0.2, 0) is 17.8 Å². The third-order valence-electron chi connectivity index (χ3n) is 2.57. The Morgan fingerprint density at radius 2 is 2.30 bits per heavy atom. The maximum Gasteiger partial charge on any atom is 0.313 e. The number of aromatic nitrogens is 4. The van der Waals surface area contributed by atoms with E-state index >= 15 is 0 Å². The quantitative estimate of drug-likeness (QED) is 0.790. The molecule has 2 heterocycles. The second-order valence-corrected chi connectivity index (χ2v) is 6.52. The van der Waals surface area contributed by atoms with Gasteiger partial charge in [-0.2, -0.15) is 0 Å². The molecule has 0 atom stereocenters. The Balaban J connectivity index is 2.21. The molecule has 2 aromatic rings. The molecular formula is C12H16N4O2S2. The summed E-state index contributed by atoms with van der Waals surface area (Å²) in [6.07, 6.45) is 3.66. The molecule has 8 heteroatoms. The second kappa shape index (κ2) is 6.85. The molecule has 0 saturated carbocycles. The summed E-state index contributed by atoms with van der Waals surface area (Å²) < 4.78 is 1.99. The van der Waals surface area contributed by atoms with E-state index in [1.54, 1.807) is 11.3 Å². The van der Waals surface area contributed by atoms with Crippen molar-refractivity contribution in [2.45, 2.75) is 38.4 Å². The van der Waals surface area contributed by atoms with Gasteiger partial charge >= 0.3 is 5.97 Å². The minimum absolute atomic E-state index is 0.00796. The topological polar surface area (TPSA) is 80.9 Å². The first-order valence-electron chi connectivity index (χ1n) is 6.28. The molecule has 2 rings (SSSR count). The van der Waals surface area contributed by atoms with Crippen LogP contribution in [0.15, 0.2) is 11.4 Å². The first-order valence-corrected chi connectivity index (χ1v) is 8.08. The molecule has 20 heavy (non-hydrogen) atoms. The first kappa shape index (κ1) is 15.0. The summed E-state index contributed by atoms with van der Waals surface area (Å²) in [6.45, 7) is 4.70. The SMILES string of the molecule is CCCc1nnc(SCC(=O)O)n1Cc1cnc(C)s1. The van der Waals surface area contributed by atoms with Crippen LogP contribution >= 0.6 is 23.1 Å². The van der Waals surface area contributed by atoms with E-state index < -0.39 is 5.97 Å². The average Bonchev–Trinajstić information content (AvgIpc) is 2.96. The number of carboxylic acids is 1. The molecule has 0 aliphatic rings. The van der Waals surface area contributed by atoms with Crippen LogP contribution in [-0.4, -0.2) is 36.6 Å². The van der Waals surface area contributed by atoms with Crippen molar-refractivity contribution >= 4 is 29.1 Å². The molecule has 108 valence electrons. The van der Waals surface area contributed by atoms with E-state index in [-0.39, 0.29) is 5.75 Å². The first-order chi connectivity index (χ1) is 9.60. The molecule has 0 amide bonds. The zero-order chi connectivity index (χ0) is 14.5. The van der Waals surface area contributed by atoms with Crippen LogP contribution in [0.25, 0.3) is 0 Å². The Kier molecular flexibility index (Phi) is 5.13. The summed E-state index contributed by atoms with van der Waals surface area (Å²) in [5.74, 6) is 0.0353. The molecule has 0 bridgehead atoms. The van der Waals surface area contributed by atoms with E-state index in [9.17, 15) is 4.79 Å². The molecule has 0 saturated heterocycles. The van der Waals surface area contributed by atoms with Crippen LogP contribution in [0, 0.1) is 6.92 Å². The minimum atomic E-state index is -0.852. The highest BCUT2D eigenvalue weighted by Crippen LogP contribution is 2.21. The number of thioether (sulfide) groups is 1. The lowest BCUT2D eigenvalue weighted by atomic mass is 10.3. The van der Waals surface area contributed by atoms with Gasteiger partial charge in [0.25, 0.3) is 0 Å². The van der Waals surface area contributed by atoms with E-state index in [1.807, 2.05) is 17.7 Å². The third kappa shape index (κ3) is 3.80. The predicted molar refractivity (Wildman–Crippen MR) is 78.3 cm³/mol. The molecule has 0 spiro atoms. The summed E-state index contributed by atoms with van der Waals surface area (Å²) in [5.41, 5.74) is 0. The second-order valence-electron chi connectivity index (χ2n) is 4.26. The fraction of sp³-hybridized carbons (Fsp3) is 0.500. The van der Waals surface area contributed by atoms with Crippen molar-refractivity contribution in [2.24, 2.45) is 0 Å². The van der Waals surface area contributed by atoms with Crippen molar-refractivity contribution in [3.63, 3.8) is 0 Å². The highest BCUT2D eigenvalue weighted by molar-refractivity contribution is 7.99. The van der Waals surface area contributed by atoms with Gasteiger partial charge in [0.15, 0.2) is 5.16 Å². The summed E-state index contributed by atoms with van der Waals surface area (Å²) >= 11 is 2.83. The summed E-state index contributed by atoms with van der Waals surface area (Å²) in [7, 11) is 0. The van der Waals surface area contributed by atoms with Crippen LogP contribution in [0.2, 0.25) is 0 Å². The number of nitrogens with zero attached hydrogens (tertiary/aromatic N) is 4. The smallest absolute Gasteiger partial charge is 0.313 e. The Morgan fingerprint density at radius 3 is 2.90 bits per heavy atom. The number of carboxylic acid groups (broad SMARTS) is 1. The van der Waals surface area contributed by atoms with Crippen LogP contribution < -0.4 is 0 Å². The number of hydrogen-bond donors (Lipinski definition) is 1. The largest absolute Gasteiger partial charge is 0.481 e. The van der Waals surface area contributed by atoms with Gasteiger partial charge in [0.1, 0.15) is 5.82 Å². The highest BCUT2D eigenvalue weighted by Gasteiger charge is 2.14. The number of aliphatic carboxylic acids is 1. The monoisotopic (exact) mass is 312 g/mol. The van der Waals surface area contributed by atoms with Gasteiger partial charge in [0, 0.05) is 17.5 Å². The Hall–Kier alpha value is -1.41. The van der Waals surface area contributed by atoms with Gasteiger partial charge in [-0.25, -0.2) is 4.98 Å². The lowest BCUT2D eigenvalue weighted by Crippen LogP contribution is -2.07. The van der Waals surface area contributed by atoms with Crippen molar-refractivity contribution in [3.05, 3.63) is 21.9 Å². The third-order valence-corrected chi connectivity index (χ3v) is 4.42. The summed E-state index contributed by atoms with van der Waals surface area (Å²) in [5, 5.41) is 18.7. The molecule has 1 N–H and O–H groups in total. The number of hydrogen-bond acceptors (Lipinski definition) is 6. The van der Waals surface area contributed by atoms with Crippen molar-refractivity contribution in [3.8, 4) is 0 Å². The fourth-order valence-electron chi connectivity index (χ4n) is 1.75. The maximum atomic E-state index is 10.7. The molecule has 0 unspecified atom stereocenters. The van der Waals surface area contributed by atoms with Gasteiger partial charge in [-0.3, -0.25) is 4.79 Å². The van der Waals surface area contributed by atoms with Gasteiger partial charge < -0.3 is 9.67 Å². The number of thiazole rings is 1. The minimum Gasteiger partial charge on any atom is -0.481 e. The molecule has 0 radical (unpaired) electrons. The number of rotatable bonds is 7. The Labute approximate surface area is 125 Å². The van der Waals surface area contributed by atoms with E-state index in [0.717, 1.165) is 28.6 Å². The predicted octanol–water partition coefficient (Wildman–Crippen LogP) is 2.22. The molecule has 0 fully saturated rings. The Morgan fingerprint density at radius 1 is 1.50 bits per heavy atom. The highest BCUT2D eigenvalue weighted by atomic mass is 32.2. The van der Waals surface area contributed by atoms with Crippen molar-refractivity contribution in [2.75, 3.05) is 5.75 Å². The fourth-order valence-corrected chi connectivity index (χ4v) is 3.21. The molecule has 2 aromatic heterocycles. The molecule has 0 aliphatic heterocycles. The van der Waals surface area contributed by atoms with Crippen LogP contribution in [0.3, 0.4) is 0 Å². The van der Waals surface area contributed by atoms with E-state index in [2.05, 4.69) is 22.1 Å². The van der Waals surface area contributed by atoms with Gasteiger partial charge in [-0.15, -0.1) is 21.5 Å². The number of carbonyl (C=O) groups is 1. The lowest BCUT2D eigenvalue weighted by molar-refractivity contribution is -0.133. The van der Waals surface area contributed by atoms with Crippen molar-refractivity contribution in [1.82, 2.24) is 19.7 Å². The van der Waals surface area contributed by atoms with Crippen molar-refractivity contribution in [1.29, 1.82) is 0 Å². The van der Waals surface area contributed by atoms with E-state index in [1.165, 1.54) is 11.8 Å². The van der Waals surface area contributed by atoms with Crippen LogP contribution in [0.4, 0.5) is 0 Å². The maximum absolute atomic E-state index is 10.7. The molecule has 0 aromatic carbocycles. The van der Waals surface area contributed by atoms with Crippen LogP contribution in [0.1, 0.15) is 29.1 Å². The standard InChI is InChI=1S/C12H16N4O2S2/c1-3-4-10-14-15-12(19-7-11(17)18)16(10)6-9-5-13-8(2)20-9/h5H,3-4,6-7H2,1-2H3,(H,17,18).